The van der Waals surface area contributed by atoms with Gasteiger partial charge in [-0.25, -0.2) is 0 Å². The number of nitrogens with zero attached hydrogens (tertiary/aromatic N) is 3. The Morgan fingerprint density at radius 3 is 2.88 bits per heavy atom. The molecular weight excluding hydrogens is 338 g/mol. The van der Waals surface area contributed by atoms with Gasteiger partial charge in [0.25, 0.3) is 11.1 Å². The predicted molar refractivity (Wildman–Crippen MR) is 96.7 cm³/mol. The van der Waals surface area contributed by atoms with Crippen LogP contribution < -0.4 is 0 Å². The lowest BCUT2D eigenvalue weighted by Gasteiger charge is -2.11. The molecule has 0 aliphatic carbocycles. The molecule has 128 valence electrons. The number of aromatic nitrogens is 1. The minimum atomic E-state index is -0.275. The third-order valence-electron chi connectivity index (χ3n) is 3.95. The van der Waals surface area contributed by atoms with Crippen molar-refractivity contribution in [1.29, 1.82) is 5.26 Å². The first-order chi connectivity index (χ1) is 12.2. The standard InChI is InChI=1S/C18H17N3O3S/c1-24-10-4-8-21-17(22)16(25-18(21)23)11-13-12-20(9-7-19)15-6-3-2-5-14(13)15/h2-3,5-6,11-12H,4,8-10H2,1H3/b16-11+. The molecule has 1 aromatic carbocycles. The molecule has 0 spiro atoms. The molecule has 0 saturated carbocycles. The number of thioether (sulfide) groups is 1. The van der Waals surface area contributed by atoms with Crippen LogP contribution in [0.3, 0.4) is 0 Å². The Balaban J connectivity index is 1.91. The number of imide groups is 1. The molecule has 6 nitrogen and oxygen atoms in total. The molecule has 3 rings (SSSR count). The molecule has 7 heteroatoms. The summed E-state index contributed by atoms with van der Waals surface area (Å²) in [6, 6.07) is 9.82. The maximum Gasteiger partial charge on any atom is 0.293 e. The fourth-order valence-electron chi connectivity index (χ4n) is 2.80. The van der Waals surface area contributed by atoms with Crippen LogP contribution in [-0.2, 0) is 16.1 Å². The van der Waals surface area contributed by atoms with Crippen LogP contribution >= 0.6 is 11.8 Å². The zero-order valence-corrected chi connectivity index (χ0v) is 14.6. The Labute approximate surface area is 149 Å². The molecule has 0 atom stereocenters. The number of methoxy groups -OCH3 is 1. The summed E-state index contributed by atoms with van der Waals surface area (Å²) in [7, 11) is 1.59. The largest absolute Gasteiger partial charge is 0.385 e. The van der Waals surface area contributed by atoms with E-state index in [0.717, 1.165) is 28.2 Å². The van der Waals surface area contributed by atoms with Crippen molar-refractivity contribution in [1.82, 2.24) is 9.47 Å². The van der Waals surface area contributed by atoms with Crippen molar-refractivity contribution in [3.8, 4) is 6.07 Å². The number of para-hydroxylation sites is 1. The van der Waals surface area contributed by atoms with Gasteiger partial charge in [-0.2, -0.15) is 5.26 Å². The second-order valence-corrected chi connectivity index (χ2v) is 6.56. The Hall–Kier alpha value is -2.56. The molecule has 0 N–H and O–H groups in total. The average molecular weight is 355 g/mol. The van der Waals surface area contributed by atoms with Gasteiger partial charge in [0.1, 0.15) is 6.54 Å². The van der Waals surface area contributed by atoms with Gasteiger partial charge in [0.05, 0.1) is 11.0 Å². The fraction of sp³-hybridized carbons (Fsp3) is 0.278. The van der Waals surface area contributed by atoms with E-state index in [2.05, 4.69) is 6.07 Å². The topological polar surface area (TPSA) is 75.3 Å². The molecule has 0 radical (unpaired) electrons. The molecular formula is C18H17N3O3S. The highest BCUT2D eigenvalue weighted by Crippen LogP contribution is 2.34. The average Bonchev–Trinajstić information content (AvgIpc) is 3.08. The predicted octanol–water partition coefficient (Wildman–Crippen LogP) is 3.24. The third-order valence-corrected chi connectivity index (χ3v) is 4.86. The number of carbonyl (C=O) groups is 2. The maximum absolute atomic E-state index is 12.5. The monoisotopic (exact) mass is 355 g/mol. The van der Waals surface area contributed by atoms with Crippen LogP contribution in [0.5, 0.6) is 0 Å². The zero-order chi connectivity index (χ0) is 17.8. The SMILES string of the molecule is COCCCN1C(=O)S/C(=C/c2cn(CC#N)c3ccccc23)C1=O. The van der Waals surface area contributed by atoms with Crippen molar-refractivity contribution >= 4 is 39.9 Å². The van der Waals surface area contributed by atoms with Crippen molar-refractivity contribution in [2.24, 2.45) is 0 Å². The lowest BCUT2D eigenvalue weighted by molar-refractivity contribution is -0.122. The molecule has 1 aromatic heterocycles. The number of hydrogen-bond donors (Lipinski definition) is 0. The highest BCUT2D eigenvalue weighted by molar-refractivity contribution is 8.18. The van der Waals surface area contributed by atoms with Crippen LogP contribution in [0.4, 0.5) is 4.79 Å². The van der Waals surface area contributed by atoms with E-state index < -0.39 is 0 Å². The van der Waals surface area contributed by atoms with E-state index in [4.69, 9.17) is 10.00 Å². The highest BCUT2D eigenvalue weighted by Gasteiger charge is 2.34. The van der Waals surface area contributed by atoms with E-state index in [9.17, 15) is 9.59 Å². The van der Waals surface area contributed by atoms with Crippen molar-refractivity contribution < 1.29 is 14.3 Å². The fourth-order valence-corrected chi connectivity index (χ4v) is 3.65. The highest BCUT2D eigenvalue weighted by atomic mass is 32.2. The molecule has 1 aliphatic heterocycles. The van der Waals surface area contributed by atoms with E-state index in [-0.39, 0.29) is 17.7 Å². The van der Waals surface area contributed by atoms with Crippen molar-refractivity contribution in [2.75, 3.05) is 20.3 Å². The van der Waals surface area contributed by atoms with Crippen LogP contribution in [0, 0.1) is 11.3 Å². The Morgan fingerprint density at radius 1 is 1.32 bits per heavy atom. The van der Waals surface area contributed by atoms with Gasteiger partial charge < -0.3 is 9.30 Å². The lowest BCUT2D eigenvalue weighted by atomic mass is 10.1. The second kappa shape index (κ2) is 7.55. The minimum Gasteiger partial charge on any atom is -0.385 e. The van der Waals surface area contributed by atoms with Crippen LogP contribution in [0.25, 0.3) is 17.0 Å². The Kier molecular flexibility index (Phi) is 5.22. The van der Waals surface area contributed by atoms with Gasteiger partial charge in [0.2, 0.25) is 0 Å². The number of amides is 2. The molecule has 1 aliphatic rings. The van der Waals surface area contributed by atoms with Crippen LogP contribution in [-0.4, -0.2) is 40.9 Å². The number of fused-ring (bicyclic) bond motifs is 1. The van der Waals surface area contributed by atoms with Gasteiger partial charge in [-0.3, -0.25) is 14.5 Å². The molecule has 1 fully saturated rings. The summed E-state index contributed by atoms with van der Waals surface area (Å²) in [5.74, 6) is -0.275. The maximum atomic E-state index is 12.5. The van der Waals surface area contributed by atoms with E-state index >= 15 is 0 Å². The van der Waals surface area contributed by atoms with Gasteiger partial charge in [0.15, 0.2) is 0 Å². The van der Waals surface area contributed by atoms with Crippen molar-refractivity contribution in [3.63, 3.8) is 0 Å². The van der Waals surface area contributed by atoms with Gasteiger partial charge in [-0.15, -0.1) is 0 Å². The Bertz CT molecular complexity index is 895. The number of benzene rings is 1. The van der Waals surface area contributed by atoms with Gasteiger partial charge in [0, 0.05) is 42.9 Å². The summed E-state index contributed by atoms with van der Waals surface area (Å²) in [5, 5.41) is 9.67. The molecule has 0 unspecified atom stereocenters. The number of ether oxygens (including phenoxy) is 1. The smallest absolute Gasteiger partial charge is 0.293 e. The molecule has 1 saturated heterocycles. The molecule has 2 aromatic rings. The first-order valence-electron chi connectivity index (χ1n) is 7.85. The molecule has 0 bridgehead atoms. The minimum absolute atomic E-state index is 0.229. The number of rotatable bonds is 6. The zero-order valence-electron chi connectivity index (χ0n) is 13.8. The van der Waals surface area contributed by atoms with E-state index in [1.54, 1.807) is 13.2 Å². The summed E-state index contributed by atoms with van der Waals surface area (Å²) >= 11 is 0.949. The van der Waals surface area contributed by atoms with E-state index in [1.807, 2.05) is 35.0 Å². The van der Waals surface area contributed by atoms with Gasteiger partial charge in [-0.1, -0.05) is 18.2 Å². The molecule has 2 amide bonds. The van der Waals surface area contributed by atoms with E-state index in [1.165, 1.54) is 4.90 Å². The summed E-state index contributed by atoms with van der Waals surface area (Å²) in [6.07, 6.45) is 4.19. The number of hydrogen-bond acceptors (Lipinski definition) is 5. The molecule has 25 heavy (non-hydrogen) atoms. The van der Waals surface area contributed by atoms with Gasteiger partial charge in [-0.05, 0) is 30.3 Å². The summed E-state index contributed by atoms with van der Waals surface area (Å²) in [4.78, 5) is 26.2. The van der Waals surface area contributed by atoms with Crippen LogP contribution in [0.1, 0.15) is 12.0 Å². The van der Waals surface area contributed by atoms with Gasteiger partial charge >= 0.3 is 0 Å². The van der Waals surface area contributed by atoms with E-state index in [0.29, 0.717) is 24.5 Å². The van der Waals surface area contributed by atoms with Crippen LogP contribution in [0.15, 0.2) is 35.4 Å². The summed E-state index contributed by atoms with van der Waals surface area (Å²) in [6.45, 7) is 1.08. The van der Waals surface area contributed by atoms with Crippen molar-refractivity contribution in [2.45, 2.75) is 13.0 Å². The summed E-state index contributed by atoms with van der Waals surface area (Å²) in [5.41, 5.74) is 1.75. The first kappa shape index (κ1) is 17.3. The quantitative estimate of drug-likeness (QED) is 0.587. The lowest BCUT2D eigenvalue weighted by Crippen LogP contribution is -2.29. The normalized spacial score (nSPS) is 16.2. The first-order valence-corrected chi connectivity index (χ1v) is 8.66. The third kappa shape index (κ3) is 3.45. The Morgan fingerprint density at radius 2 is 2.12 bits per heavy atom. The summed E-state index contributed by atoms with van der Waals surface area (Å²) < 4.78 is 6.81. The van der Waals surface area contributed by atoms with Crippen LogP contribution in [0.2, 0.25) is 0 Å². The van der Waals surface area contributed by atoms with Crippen molar-refractivity contribution in [3.05, 3.63) is 40.9 Å². The number of nitriles is 1. The second-order valence-electron chi connectivity index (χ2n) is 5.57. The number of carbonyl (C=O) groups excluding carboxylic acids is 2. The molecule has 2 heterocycles.